The van der Waals surface area contributed by atoms with Crippen molar-refractivity contribution in [1.82, 2.24) is 10.2 Å². The summed E-state index contributed by atoms with van der Waals surface area (Å²) >= 11 is 0. The first kappa shape index (κ1) is 12.4. The van der Waals surface area contributed by atoms with Gasteiger partial charge in [-0.2, -0.15) is 0 Å². The summed E-state index contributed by atoms with van der Waals surface area (Å²) in [6.07, 6.45) is 2.00. The molecule has 19 heavy (non-hydrogen) atoms. The van der Waals surface area contributed by atoms with Crippen LogP contribution in [0.25, 0.3) is 10.8 Å². The molecule has 2 aromatic carbocycles. The van der Waals surface area contributed by atoms with Crippen LogP contribution in [0.4, 0.5) is 0 Å². The molecule has 1 aliphatic heterocycles. The summed E-state index contributed by atoms with van der Waals surface area (Å²) in [6.45, 7) is 8.00. The van der Waals surface area contributed by atoms with Gasteiger partial charge in [-0.1, -0.05) is 48.5 Å². The fourth-order valence-electron chi connectivity index (χ4n) is 2.98. The second kappa shape index (κ2) is 5.55. The molecule has 1 unspecified atom stereocenters. The van der Waals surface area contributed by atoms with Crippen molar-refractivity contribution in [3.8, 4) is 0 Å². The van der Waals surface area contributed by atoms with E-state index in [0.717, 1.165) is 26.2 Å². The number of piperazine rings is 1. The van der Waals surface area contributed by atoms with E-state index in [0.29, 0.717) is 6.04 Å². The van der Waals surface area contributed by atoms with Gasteiger partial charge in [-0.25, -0.2) is 0 Å². The Labute approximate surface area is 114 Å². The van der Waals surface area contributed by atoms with E-state index in [-0.39, 0.29) is 0 Å². The topological polar surface area (TPSA) is 15.3 Å². The van der Waals surface area contributed by atoms with Crippen LogP contribution in [0.2, 0.25) is 0 Å². The Morgan fingerprint density at radius 1 is 1.21 bits per heavy atom. The van der Waals surface area contributed by atoms with Crippen LogP contribution < -0.4 is 5.32 Å². The number of nitrogens with one attached hydrogen (secondary N) is 1. The summed E-state index contributed by atoms with van der Waals surface area (Å²) < 4.78 is 0. The van der Waals surface area contributed by atoms with Gasteiger partial charge in [0.05, 0.1) is 0 Å². The van der Waals surface area contributed by atoms with Gasteiger partial charge in [0.15, 0.2) is 0 Å². The highest BCUT2D eigenvalue weighted by atomic mass is 15.2. The largest absolute Gasteiger partial charge is 0.314 e. The zero-order chi connectivity index (χ0) is 13.1. The highest BCUT2D eigenvalue weighted by Gasteiger charge is 2.23. The van der Waals surface area contributed by atoms with E-state index in [4.69, 9.17) is 0 Å². The van der Waals surface area contributed by atoms with E-state index in [1.165, 1.54) is 16.3 Å². The maximum Gasteiger partial charge on any atom is 0.0482 e. The van der Waals surface area contributed by atoms with Gasteiger partial charge in [0.25, 0.3) is 0 Å². The number of nitrogens with zero attached hydrogens (tertiary/aromatic N) is 1. The molecule has 98 valence electrons. The van der Waals surface area contributed by atoms with E-state index in [1.54, 1.807) is 0 Å². The standard InChI is InChI=1S/C17H20N2/c1-2-11-19-12-10-18-13-17(19)16-9-5-7-14-6-3-4-8-15(14)16/h2-9,17-18H,1,10-13H2. The van der Waals surface area contributed by atoms with Crippen LogP contribution in [0.1, 0.15) is 11.6 Å². The van der Waals surface area contributed by atoms with Gasteiger partial charge in [-0.05, 0) is 16.3 Å². The Balaban J connectivity index is 2.04. The van der Waals surface area contributed by atoms with Crippen molar-refractivity contribution < 1.29 is 0 Å². The van der Waals surface area contributed by atoms with E-state index < -0.39 is 0 Å². The first-order valence-corrected chi connectivity index (χ1v) is 6.93. The summed E-state index contributed by atoms with van der Waals surface area (Å²) in [5, 5.41) is 6.20. The van der Waals surface area contributed by atoms with Crippen molar-refractivity contribution in [2.24, 2.45) is 0 Å². The molecule has 0 aliphatic carbocycles. The molecule has 2 aromatic rings. The average molecular weight is 252 g/mol. The van der Waals surface area contributed by atoms with Gasteiger partial charge in [-0.15, -0.1) is 6.58 Å². The summed E-state index contributed by atoms with van der Waals surface area (Å²) in [5.41, 5.74) is 1.42. The molecule has 0 saturated carbocycles. The molecule has 2 nitrogen and oxygen atoms in total. The third kappa shape index (κ3) is 2.42. The normalized spacial score (nSPS) is 20.5. The Kier molecular flexibility index (Phi) is 3.62. The molecule has 3 rings (SSSR count). The van der Waals surface area contributed by atoms with Crippen molar-refractivity contribution in [2.45, 2.75) is 6.04 Å². The molecule has 1 fully saturated rings. The minimum Gasteiger partial charge on any atom is -0.314 e. The molecule has 1 N–H and O–H groups in total. The molecule has 0 radical (unpaired) electrons. The minimum atomic E-state index is 0.442. The molecule has 0 bridgehead atoms. The first-order chi connectivity index (χ1) is 9.40. The van der Waals surface area contributed by atoms with E-state index in [1.807, 2.05) is 6.08 Å². The van der Waals surface area contributed by atoms with Crippen molar-refractivity contribution >= 4 is 10.8 Å². The lowest BCUT2D eigenvalue weighted by molar-refractivity contribution is 0.181. The molecule has 0 amide bonds. The van der Waals surface area contributed by atoms with Crippen molar-refractivity contribution in [1.29, 1.82) is 0 Å². The van der Waals surface area contributed by atoms with Crippen LogP contribution in [0, 0.1) is 0 Å². The Bertz CT molecular complexity index is 571. The van der Waals surface area contributed by atoms with Gasteiger partial charge in [0.2, 0.25) is 0 Å². The van der Waals surface area contributed by atoms with Crippen LogP contribution >= 0.6 is 0 Å². The van der Waals surface area contributed by atoms with Gasteiger partial charge in [-0.3, -0.25) is 4.90 Å². The molecule has 1 heterocycles. The molecule has 2 heteroatoms. The summed E-state index contributed by atoms with van der Waals surface area (Å²) in [6, 6.07) is 15.7. The second-order valence-corrected chi connectivity index (χ2v) is 5.07. The zero-order valence-corrected chi connectivity index (χ0v) is 11.2. The number of hydrogen-bond donors (Lipinski definition) is 1. The zero-order valence-electron chi connectivity index (χ0n) is 11.2. The van der Waals surface area contributed by atoms with E-state index in [2.05, 4.69) is 59.3 Å². The average Bonchev–Trinajstić information content (AvgIpc) is 2.48. The lowest BCUT2D eigenvalue weighted by Gasteiger charge is -2.36. The lowest BCUT2D eigenvalue weighted by Crippen LogP contribution is -2.45. The summed E-state index contributed by atoms with van der Waals surface area (Å²) in [5.74, 6) is 0. The van der Waals surface area contributed by atoms with Crippen LogP contribution in [-0.4, -0.2) is 31.1 Å². The monoisotopic (exact) mass is 252 g/mol. The predicted molar refractivity (Wildman–Crippen MR) is 81.3 cm³/mol. The third-order valence-corrected chi connectivity index (χ3v) is 3.90. The van der Waals surface area contributed by atoms with Gasteiger partial charge in [0, 0.05) is 32.2 Å². The molecule has 1 aliphatic rings. The molecule has 1 saturated heterocycles. The van der Waals surface area contributed by atoms with Gasteiger partial charge >= 0.3 is 0 Å². The highest BCUT2D eigenvalue weighted by molar-refractivity contribution is 5.86. The number of benzene rings is 2. The number of fused-ring (bicyclic) bond motifs is 1. The maximum absolute atomic E-state index is 3.88. The molecular weight excluding hydrogens is 232 g/mol. The molecule has 1 atom stereocenters. The minimum absolute atomic E-state index is 0.442. The predicted octanol–water partition coefficient (Wildman–Crippen LogP) is 2.97. The SMILES string of the molecule is C=CCN1CCNCC1c1cccc2ccccc12. The quantitative estimate of drug-likeness (QED) is 0.845. The van der Waals surface area contributed by atoms with Crippen LogP contribution in [0.5, 0.6) is 0 Å². The molecule has 0 spiro atoms. The number of hydrogen-bond acceptors (Lipinski definition) is 2. The van der Waals surface area contributed by atoms with E-state index in [9.17, 15) is 0 Å². The summed E-state index contributed by atoms with van der Waals surface area (Å²) in [7, 11) is 0. The van der Waals surface area contributed by atoms with Crippen molar-refractivity contribution in [2.75, 3.05) is 26.2 Å². The van der Waals surface area contributed by atoms with Crippen LogP contribution in [0.15, 0.2) is 55.1 Å². The van der Waals surface area contributed by atoms with Crippen molar-refractivity contribution in [3.63, 3.8) is 0 Å². The second-order valence-electron chi connectivity index (χ2n) is 5.07. The van der Waals surface area contributed by atoms with Crippen molar-refractivity contribution in [3.05, 3.63) is 60.7 Å². The Hall–Kier alpha value is -1.64. The fraction of sp³-hybridized carbons (Fsp3) is 0.294. The smallest absolute Gasteiger partial charge is 0.0482 e. The van der Waals surface area contributed by atoms with Crippen LogP contribution in [-0.2, 0) is 0 Å². The Morgan fingerprint density at radius 2 is 2.05 bits per heavy atom. The van der Waals surface area contributed by atoms with Gasteiger partial charge in [0.1, 0.15) is 0 Å². The summed E-state index contributed by atoms with van der Waals surface area (Å²) in [4.78, 5) is 2.51. The van der Waals surface area contributed by atoms with Crippen LogP contribution in [0.3, 0.4) is 0 Å². The van der Waals surface area contributed by atoms with Gasteiger partial charge < -0.3 is 5.32 Å². The maximum atomic E-state index is 3.88. The molecular formula is C17H20N2. The van der Waals surface area contributed by atoms with E-state index >= 15 is 0 Å². The Morgan fingerprint density at radius 3 is 2.95 bits per heavy atom. The first-order valence-electron chi connectivity index (χ1n) is 6.93. The third-order valence-electron chi connectivity index (χ3n) is 3.90. The lowest BCUT2D eigenvalue weighted by atomic mass is 9.96. The highest BCUT2D eigenvalue weighted by Crippen LogP contribution is 2.29. The number of rotatable bonds is 3. The molecule has 0 aromatic heterocycles. The fourth-order valence-corrected chi connectivity index (χ4v) is 2.98.